The number of rotatable bonds is 4. The van der Waals surface area contributed by atoms with E-state index >= 15 is 0 Å². The molecule has 1 aromatic heterocycles. The van der Waals surface area contributed by atoms with Crippen molar-refractivity contribution in [3.63, 3.8) is 0 Å². The second-order valence-corrected chi connectivity index (χ2v) is 5.29. The maximum absolute atomic E-state index is 11.8. The van der Waals surface area contributed by atoms with Crippen molar-refractivity contribution >= 4 is 29.4 Å². The van der Waals surface area contributed by atoms with Crippen LogP contribution < -0.4 is 9.80 Å². The van der Waals surface area contributed by atoms with Gasteiger partial charge in [0.05, 0.1) is 19.8 Å². The first kappa shape index (κ1) is 15.7. The summed E-state index contributed by atoms with van der Waals surface area (Å²) in [5, 5.41) is 0.116. The molecule has 0 atom stereocenters. The maximum atomic E-state index is 11.8. The molecule has 1 amide bonds. The van der Waals surface area contributed by atoms with Crippen LogP contribution in [0.25, 0.3) is 0 Å². The molecule has 1 aliphatic rings. The van der Waals surface area contributed by atoms with Crippen molar-refractivity contribution in [1.29, 1.82) is 0 Å². The molecule has 0 N–H and O–H groups in total. The first-order valence-electron chi connectivity index (χ1n) is 6.63. The van der Waals surface area contributed by atoms with Gasteiger partial charge in [-0.3, -0.25) is 4.79 Å². The summed E-state index contributed by atoms with van der Waals surface area (Å²) in [7, 11) is 5.15. The van der Waals surface area contributed by atoms with E-state index in [1.165, 1.54) is 4.90 Å². The van der Waals surface area contributed by atoms with Gasteiger partial charge in [-0.15, -0.1) is 0 Å². The molecule has 21 heavy (non-hydrogen) atoms. The number of anilines is 2. The van der Waals surface area contributed by atoms with Crippen molar-refractivity contribution in [3.05, 3.63) is 5.28 Å². The molecule has 0 unspecified atom stereocenters. The van der Waals surface area contributed by atoms with Crippen molar-refractivity contribution in [3.8, 4) is 0 Å². The summed E-state index contributed by atoms with van der Waals surface area (Å²) in [5.41, 5.74) is 0. The van der Waals surface area contributed by atoms with Gasteiger partial charge in [-0.25, -0.2) is 0 Å². The van der Waals surface area contributed by atoms with Crippen molar-refractivity contribution < 1.29 is 9.53 Å². The highest BCUT2D eigenvalue weighted by Gasteiger charge is 2.18. The third-order valence-corrected chi connectivity index (χ3v) is 3.26. The standard InChI is InChI=1S/C12H19ClN6O2/c1-17(2)9(20)8-18(3)11-14-10(13)15-12(16-11)19-4-6-21-7-5-19/h4-8H2,1-3H3. The minimum absolute atomic E-state index is 0.0399. The summed E-state index contributed by atoms with van der Waals surface area (Å²) in [6.45, 7) is 2.86. The Hall–Kier alpha value is -1.67. The van der Waals surface area contributed by atoms with E-state index in [0.717, 1.165) is 0 Å². The van der Waals surface area contributed by atoms with Gasteiger partial charge in [0.15, 0.2) is 0 Å². The van der Waals surface area contributed by atoms with Gasteiger partial charge < -0.3 is 19.4 Å². The van der Waals surface area contributed by atoms with Gasteiger partial charge in [0, 0.05) is 34.2 Å². The minimum Gasteiger partial charge on any atom is -0.378 e. The number of ether oxygens (including phenoxy) is 1. The molecule has 0 saturated carbocycles. The van der Waals surface area contributed by atoms with Crippen LogP contribution in [0.15, 0.2) is 0 Å². The van der Waals surface area contributed by atoms with E-state index in [1.54, 1.807) is 26.0 Å². The van der Waals surface area contributed by atoms with Crippen LogP contribution in [0.2, 0.25) is 5.28 Å². The molecule has 1 saturated heterocycles. The minimum atomic E-state index is -0.0399. The summed E-state index contributed by atoms with van der Waals surface area (Å²) in [4.78, 5) is 29.5. The van der Waals surface area contributed by atoms with Crippen molar-refractivity contribution in [2.75, 3.05) is 63.8 Å². The molecule has 1 aliphatic heterocycles. The highest BCUT2D eigenvalue weighted by molar-refractivity contribution is 6.28. The summed E-state index contributed by atoms with van der Waals surface area (Å²) in [6.07, 6.45) is 0. The fourth-order valence-corrected chi connectivity index (χ4v) is 1.97. The summed E-state index contributed by atoms with van der Waals surface area (Å²) in [5.74, 6) is 0.853. The zero-order valence-electron chi connectivity index (χ0n) is 12.4. The van der Waals surface area contributed by atoms with Gasteiger partial charge in [0.2, 0.25) is 23.1 Å². The number of amides is 1. The van der Waals surface area contributed by atoms with Crippen LogP contribution in [-0.4, -0.2) is 79.8 Å². The van der Waals surface area contributed by atoms with E-state index in [1.807, 2.05) is 4.90 Å². The first-order chi connectivity index (χ1) is 9.97. The van der Waals surface area contributed by atoms with E-state index in [2.05, 4.69) is 15.0 Å². The predicted molar refractivity (Wildman–Crippen MR) is 79.8 cm³/mol. The molecule has 8 nitrogen and oxygen atoms in total. The topological polar surface area (TPSA) is 74.7 Å². The molecule has 0 aromatic carbocycles. The van der Waals surface area contributed by atoms with E-state index in [9.17, 15) is 4.79 Å². The lowest BCUT2D eigenvalue weighted by atomic mass is 10.4. The number of halogens is 1. The van der Waals surface area contributed by atoms with E-state index in [4.69, 9.17) is 16.3 Å². The van der Waals surface area contributed by atoms with Crippen LogP contribution in [0, 0.1) is 0 Å². The molecule has 0 bridgehead atoms. The van der Waals surface area contributed by atoms with Gasteiger partial charge in [-0.05, 0) is 11.6 Å². The average Bonchev–Trinajstić information content (AvgIpc) is 2.47. The summed E-state index contributed by atoms with van der Waals surface area (Å²) < 4.78 is 5.30. The second-order valence-electron chi connectivity index (χ2n) is 4.95. The Labute approximate surface area is 128 Å². The number of hydrogen-bond donors (Lipinski definition) is 0. The summed E-state index contributed by atoms with van der Waals surface area (Å²) >= 11 is 5.97. The highest BCUT2D eigenvalue weighted by Crippen LogP contribution is 2.16. The van der Waals surface area contributed by atoms with Gasteiger partial charge >= 0.3 is 0 Å². The Morgan fingerprint density at radius 3 is 2.52 bits per heavy atom. The molecule has 116 valence electrons. The van der Waals surface area contributed by atoms with Crippen LogP contribution >= 0.6 is 11.6 Å². The Bertz CT molecular complexity index is 507. The Balaban J connectivity index is 2.15. The number of nitrogens with zero attached hydrogens (tertiary/aromatic N) is 6. The lowest BCUT2D eigenvalue weighted by Crippen LogP contribution is -2.38. The monoisotopic (exact) mass is 314 g/mol. The summed E-state index contributed by atoms with van der Waals surface area (Å²) in [6, 6.07) is 0. The van der Waals surface area contributed by atoms with Crippen molar-refractivity contribution in [2.24, 2.45) is 0 Å². The Morgan fingerprint density at radius 2 is 1.90 bits per heavy atom. The second kappa shape index (κ2) is 6.86. The Morgan fingerprint density at radius 1 is 1.24 bits per heavy atom. The van der Waals surface area contributed by atoms with Crippen LogP contribution in [0.3, 0.4) is 0 Å². The average molecular weight is 315 g/mol. The van der Waals surface area contributed by atoms with Gasteiger partial charge in [0.1, 0.15) is 0 Å². The van der Waals surface area contributed by atoms with Gasteiger partial charge in [-0.2, -0.15) is 15.0 Å². The molecule has 2 heterocycles. The first-order valence-corrected chi connectivity index (χ1v) is 7.00. The van der Waals surface area contributed by atoms with Crippen LogP contribution in [-0.2, 0) is 9.53 Å². The van der Waals surface area contributed by atoms with Crippen molar-refractivity contribution in [2.45, 2.75) is 0 Å². The highest BCUT2D eigenvalue weighted by atomic mass is 35.5. The molecule has 0 spiro atoms. The third kappa shape index (κ3) is 4.15. The normalized spacial score (nSPS) is 15.0. The number of carbonyl (C=O) groups is 1. The predicted octanol–water partition coefficient (Wildman–Crippen LogP) is -0.114. The molecule has 1 fully saturated rings. The fourth-order valence-electron chi connectivity index (χ4n) is 1.82. The number of likely N-dealkylation sites (N-methyl/N-ethyl adjacent to an activating group) is 2. The molecule has 0 aliphatic carbocycles. The quantitative estimate of drug-likeness (QED) is 0.767. The van der Waals surface area contributed by atoms with Crippen molar-refractivity contribution in [1.82, 2.24) is 19.9 Å². The SMILES string of the molecule is CN(C)C(=O)CN(C)c1nc(Cl)nc(N2CCOCC2)n1. The maximum Gasteiger partial charge on any atom is 0.241 e. The lowest BCUT2D eigenvalue weighted by molar-refractivity contribution is -0.127. The number of hydrogen-bond acceptors (Lipinski definition) is 7. The third-order valence-electron chi connectivity index (χ3n) is 3.09. The molecule has 2 rings (SSSR count). The molecule has 9 heteroatoms. The van der Waals surface area contributed by atoms with Crippen LogP contribution in [0.1, 0.15) is 0 Å². The largest absolute Gasteiger partial charge is 0.378 e. The smallest absolute Gasteiger partial charge is 0.241 e. The number of carbonyl (C=O) groups excluding carboxylic acids is 1. The lowest BCUT2D eigenvalue weighted by Gasteiger charge is -2.27. The van der Waals surface area contributed by atoms with Gasteiger partial charge in [0.25, 0.3) is 0 Å². The van der Waals surface area contributed by atoms with Crippen LogP contribution in [0.4, 0.5) is 11.9 Å². The van der Waals surface area contributed by atoms with E-state index < -0.39 is 0 Å². The Kier molecular flexibility index (Phi) is 5.13. The number of morpholine rings is 1. The number of aromatic nitrogens is 3. The van der Waals surface area contributed by atoms with Gasteiger partial charge in [-0.1, -0.05) is 0 Å². The zero-order valence-corrected chi connectivity index (χ0v) is 13.2. The van der Waals surface area contributed by atoms with E-state index in [-0.39, 0.29) is 17.7 Å². The zero-order chi connectivity index (χ0) is 15.4. The molecule has 1 aromatic rings. The molecule has 0 radical (unpaired) electrons. The van der Waals surface area contributed by atoms with Crippen LogP contribution in [0.5, 0.6) is 0 Å². The van der Waals surface area contributed by atoms with E-state index in [0.29, 0.717) is 38.2 Å². The molecular formula is C12H19ClN6O2. The fraction of sp³-hybridized carbons (Fsp3) is 0.667. The molecular weight excluding hydrogens is 296 g/mol.